The lowest BCUT2D eigenvalue weighted by atomic mass is 10.1. The van der Waals surface area contributed by atoms with Crippen molar-refractivity contribution in [3.63, 3.8) is 0 Å². The van der Waals surface area contributed by atoms with Crippen LogP contribution in [0.3, 0.4) is 0 Å². The molecule has 0 aliphatic heterocycles. The summed E-state index contributed by atoms with van der Waals surface area (Å²) >= 11 is 0. The standard InChI is InChI=1S/C16H24N2O3/c1-3-4-10-21-16(20)14(18-15(19)12-17-2)11-13-8-6-5-7-9-13/h5-9,14,17H,3-4,10-12H2,1-2H3,(H,18,19). The molecule has 0 saturated heterocycles. The number of benzene rings is 1. The Morgan fingerprint density at radius 1 is 1.24 bits per heavy atom. The summed E-state index contributed by atoms with van der Waals surface area (Å²) in [7, 11) is 1.69. The fourth-order valence-electron chi connectivity index (χ4n) is 1.87. The zero-order valence-corrected chi connectivity index (χ0v) is 12.7. The molecule has 0 spiro atoms. The summed E-state index contributed by atoms with van der Waals surface area (Å²) in [6.45, 7) is 2.60. The lowest BCUT2D eigenvalue weighted by Crippen LogP contribution is -2.46. The van der Waals surface area contributed by atoms with Crippen molar-refractivity contribution < 1.29 is 14.3 Å². The number of likely N-dealkylation sites (N-methyl/N-ethyl adjacent to an activating group) is 1. The van der Waals surface area contributed by atoms with Gasteiger partial charge in [0.1, 0.15) is 6.04 Å². The first-order valence-electron chi connectivity index (χ1n) is 7.32. The molecule has 1 unspecified atom stereocenters. The van der Waals surface area contributed by atoms with Gasteiger partial charge in [-0.05, 0) is 19.0 Å². The van der Waals surface area contributed by atoms with Gasteiger partial charge < -0.3 is 15.4 Å². The highest BCUT2D eigenvalue weighted by atomic mass is 16.5. The normalized spacial score (nSPS) is 11.7. The molecule has 2 N–H and O–H groups in total. The fourth-order valence-corrected chi connectivity index (χ4v) is 1.87. The van der Waals surface area contributed by atoms with Crippen LogP contribution in [0.4, 0.5) is 0 Å². The summed E-state index contributed by atoms with van der Waals surface area (Å²) in [6, 6.07) is 8.93. The van der Waals surface area contributed by atoms with Crippen LogP contribution in [-0.2, 0) is 20.7 Å². The molecular weight excluding hydrogens is 268 g/mol. The van der Waals surface area contributed by atoms with E-state index in [-0.39, 0.29) is 18.4 Å². The van der Waals surface area contributed by atoms with Crippen LogP contribution in [0.15, 0.2) is 30.3 Å². The number of esters is 1. The van der Waals surface area contributed by atoms with Gasteiger partial charge in [0.2, 0.25) is 5.91 Å². The minimum atomic E-state index is -0.648. The van der Waals surface area contributed by atoms with Crippen molar-refractivity contribution in [2.45, 2.75) is 32.2 Å². The third-order valence-electron chi connectivity index (χ3n) is 2.98. The van der Waals surface area contributed by atoms with E-state index in [9.17, 15) is 9.59 Å². The van der Waals surface area contributed by atoms with Gasteiger partial charge in [0.05, 0.1) is 13.2 Å². The summed E-state index contributed by atoms with van der Waals surface area (Å²) in [4.78, 5) is 23.8. The van der Waals surface area contributed by atoms with Crippen molar-refractivity contribution in [1.29, 1.82) is 0 Å². The molecule has 0 heterocycles. The monoisotopic (exact) mass is 292 g/mol. The van der Waals surface area contributed by atoms with Gasteiger partial charge in [-0.15, -0.1) is 0 Å². The molecule has 21 heavy (non-hydrogen) atoms. The predicted octanol–water partition coefficient (Wildman–Crippen LogP) is 1.28. The summed E-state index contributed by atoms with van der Waals surface area (Å²) in [5, 5.41) is 5.48. The molecule has 1 amide bonds. The van der Waals surface area contributed by atoms with Crippen LogP contribution in [-0.4, -0.2) is 38.1 Å². The van der Waals surface area contributed by atoms with E-state index in [0.29, 0.717) is 13.0 Å². The SMILES string of the molecule is CCCCOC(=O)C(Cc1ccccc1)NC(=O)CNC. The maximum atomic E-state index is 12.1. The van der Waals surface area contributed by atoms with Gasteiger partial charge in [0, 0.05) is 6.42 Å². The molecule has 0 saturated carbocycles. The van der Waals surface area contributed by atoms with Crippen molar-refractivity contribution in [3.8, 4) is 0 Å². The first-order chi connectivity index (χ1) is 10.2. The topological polar surface area (TPSA) is 67.4 Å². The number of hydrogen-bond acceptors (Lipinski definition) is 4. The molecule has 1 aromatic rings. The predicted molar refractivity (Wildman–Crippen MR) is 81.9 cm³/mol. The highest BCUT2D eigenvalue weighted by Crippen LogP contribution is 2.05. The number of amides is 1. The number of nitrogens with one attached hydrogen (secondary N) is 2. The molecule has 0 aliphatic carbocycles. The van der Waals surface area contributed by atoms with Crippen LogP contribution in [0.1, 0.15) is 25.3 Å². The van der Waals surface area contributed by atoms with Crippen molar-refractivity contribution >= 4 is 11.9 Å². The van der Waals surface area contributed by atoms with Crippen LogP contribution in [0, 0.1) is 0 Å². The Labute approximate surface area is 126 Å². The molecule has 0 radical (unpaired) electrons. The third kappa shape index (κ3) is 6.90. The van der Waals surface area contributed by atoms with E-state index in [2.05, 4.69) is 10.6 Å². The molecule has 5 heteroatoms. The molecule has 1 atom stereocenters. The molecular formula is C16H24N2O3. The Hall–Kier alpha value is -1.88. The highest BCUT2D eigenvalue weighted by molar-refractivity contribution is 5.85. The van der Waals surface area contributed by atoms with E-state index in [4.69, 9.17) is 4.74 Å². The largest absolute Gasteiger partial charge is 0.464 e. The molecule has 5 nitrogen and oxygen atoms in total. The van der Waals surface area contributed by atoms with Crippen molar-refractivity contribution in [1.82, 2.24) is 10.6 Å². The Kier molecular flexibility index (Phi) is 8.12. The first kappa shape index (κ1) is 17.2. The molecule has 0 aromatic heterocycles. The molecule has 1 aromatic carbocycles. The van der Waals surface area contributed by atoms with E-state index < -0.39 is 6.04 Å². The minimum absolute atomic E-state index is 0.174. The van der Waals surface area contributed by atoms with Gasteiger partial charge in [-0.3, -0.25) is 4.79 Å². The van der Waals surface area contributed by atoms with Gasteiger partial charge in [-0.25, -0.2) is 4.79 Å². The second kappa shape index (κ2) is 9.94. The van der Waals surface area contributed by atoms with Crippen LogP contribution in [0.5, 0.6) is 0 Å². The second-order valence-electron chi connectivity index (χ2n) is 4.86. The van der Waals surface area contributed by atoms with E-state index in [1.807, 2.05) is 37.3 Å². The van der Waals surface area contributed by atoms with Gasteiger partial charge in [-0.1, -0.05) is 43.7 Å². The van der Waals surface area contributed by atoms with Gasteiger partial charge in [0.15, 0.2) is 0 Å². The summed E-state index contributed by atoms with van der Waals surface area (Å²) in [6.07, 6.45) is 2.22. The molecule has 0 bridgehead atoms. The quantitative estimate of drug-likeness (QED) is 0.531. The Bertz CT molecular complexity index is 434. The Balaban J connectivity index is 2.64. The molecule has 1 rings (SSSR count). The third-order valence-corrected chi connectivity index (χ3v) is 2.98. The van der Waals surface area contributed by atoms with Crippen LogP contribution in [0.2, 0.25) is 0 Å². The smallest absolute Gasteiger partial charge is 0.328 e. The van der Waals surface area contributed by atoms with E-state index >= 15 is 0 Å². The lowest BCUT2D eigenvalue weighted by molar-refractivity contribution is -0.147. The van der Waals surface area contributed by atoms with Crippen LogP contribution >= 0.6 is 0 Å². The zero-order chi connectivity index (χ0) is 15.5. The highest BCUT2D eigenvalue weighted by Gasteiger charge is 2.22. The van der Waals surface area contributed by atoms with Gasteiger partial charge in [-0.2, -0.15) is 0 Å². The molecule has 0 aliphatic rings. The number of carbonyl (C=O) groups is 2. The summed E-state index contributed by atoms with van der Waals surface area (Å²) in [5.74, 6) is -0.595. The van der Waals surface area contributed by atoms with E-state index in [1.54, 1.807) is 7.05 Å². The maximum Gasteiger partial charge on any atom is 0.328 e. The first-order valence-corrected chi connectivity index (χ1v) is 7.32. The Morgan fingerprint density at radius 2 is 1.95 bits per heavy atom. The Morgan fingerprint density at radius 3 is 2.57 bits per heavy atom. The van der Waals surface area contributed by atoms with E-state index in [0.717, 1.165) is 18.4 Å². The second-order valence-corrected chi connectivity index (χ2v) is 4.86. The van der Waals surface area contributed by atoms with Gasteiger partial charge >= 0.3 is 5.97 Å². The zero-order valence-electron chi connectivity index (χ0n) is 12.7. The molecule has 0 fully saturated rings. The number of ether oxygens (including phenoxy) is 1. The number of hydrogen-bond donors (Lipinski definition) is 2. The average Bonchev–Trinajstić information content (AvgIpc) is 2.48. The van der Waals surface area contributed by atoms with Crippen LogP contribution < -0.4 is 10.6 Å². The lowest BCUT2D eigenvalue weighted by Gasteiger charge is -2.18. The minimum Gasteiger partial charge on any atom is -0.464 e. The number of unbranched alkanes of at least 4 members (excludes halogenated alkanes) is 1. The van der Waals surface area contributed by atoms with Crippen LogP contribution in [0.25, 0.3) is 0 Å². The van der Waals surface area contributed by atoms with Crippen molar-refractivity contribution in [2.75, 3.05) is 20.2 Å². The maximum absolute atomic E-state index is 12.1. The van der Waals surface area contributed by atoms with Gasteiger partial charge in [0.25, 0.3) is 0 Å². The number of rotatable bonds is 9. The summed E-state index contributed by atoms with van der Waals surface area (Å²) < 4.78 is 5.22. The number of carbonyl (C=O) groups excluding carboxylic acids is 2. The summed E-state index contributed by atoms with van der Waals surface area (Å²) in [5.41, 5.74) is 0.986. The average molecular weight is 292 g/mol. The molecule has 116 valence electrons. The fraction of sp³-hybridized carbons (Fsp3) is 0.500. The van der Waals surface area contributed by atoms with E-state index in [1.165, 1.54) is 0 Å². The van der Waals surface area contributed by atoms with Crippen molar-refractivity contribution in [3.05, 3.63) is 35.9 Å². The van der Waals surface area contributed by atoms with Crippen molar-refractivity contribution in [2.24, 2.45) is 0 Å².